The summed E-state index contributed by atoms with van der Waals surface area (Å²) in [5, 5.41) is 3.44. The molecule has 0 fully saturated rings. The Labute approximate surface area is 100 Å². The second kappa shape index (κ2) is 4.20. The molecule has 90 valence electrons. The molecule has 1 aliphatic carbocycles. The fourth-order valence-corrected chi connectivity index (χ4v) is 2.18. The highest BCUT2D eigenvalue weighted by Crippen LogP contribution is 2.37. The van der Waals surface area contributed by atoms with E-state index in [2.05, 4.69) is 17.5 Å². The zero-order chi connectivity index (χ0) is 11.7. The van der Waals surface area contributed by atoms with Crippen molar-refractivity contribution in [3.05, 3.63) is 24.3 Å². The van der Waals surface area contributed by atoms with Gasteiger partial charge in [0.2, 0.25) is 0 Å². The molecule has 0 saturated heterocycles. The van der Waals surface area contributed by atoms with Gasteiger partial charge in [-0.05, 0) is 12.8 Å². The summed E-state index contributed by atoms with van der Waals surface area (Å²) in [6.45, 7) is 1.19. The molecule has 1 heterocycles. The van der Waals surface area contributed by atoms with E-state index < -0.39 is 0 Å². The lowest BCUT2D eigenvalue weighted by Gasteiger charge is -2.22. The van der Waals surface area contributed by atoms with Crippen LogP contribution in [0.15, 0.2) is 24.3 Å². The van der Waals surface area contributed by atoms with E-state index in [4.69, 9.17) is 15.2 Å². The third-order valence-electron chi connectivity index (χ3n) is 3.08. The van der Waals surface area contributed by atoms with Gasteiger partial charge in [0.15, 0.2) is 11.5 Å². The highest BCUT2D eigenvalue weighted by Gasteiger charge is 2.17. The Morgan fingerprint density at radius 2 is 1.71 bits per heavy atom. The molecule has 0 saturated carbocycles. The van der Waals surface area contributed by atoms with Gasteiger partial charge >= 0.3 is 0 Å². The van der Waals surface area contributed by atoms with Crippen LogP contribution >= 0.6 is 0 Å². The quantitative estimate of drug-likeness (QED) is 0.606. The van der Waals surface area contributed by atoms with Crippen LogP contribution in [0.1, 0.15) is 12.8 Å². The van der Waals surface area contributed by atoms with E-state index in [0.717, 1.165) is 30.0 Å². The molecule has 2 aliphatic rings. The zero-order valence-electron chi connectivity index (χ0n) is 9.61. The SMILES string of the molecule is Nc1cc2c(cc1NC1CC=CC1)OCCO2. The fraction of sp³-hybridized carbons (Fsp3) is 0.385. The van der Waals surface area contributed by atoms with Crippen LogP contribution < -0.4 is 20.5 Å². The van der Waals surface area contributed by atoms with Crippen molar-refractivity contribution in [2.45, 2.75) is 18.9 Å². The van der Waals surface area contributed by atoms with Crippen molar-refractivity contribution in [1.29, 1.82) is 0 Å². The molecular formula is C13H16N2O2. The Kier molecular flexibility index (Phi) is 2.55. The molecule has 17 heavy (non-hydrogen) atoms. The summed E-state index contributed by atoms with van der Waals surface area (Å²) in [5.74, 6) is 1.52. The number of nitrogens with two attached hydrogens (primary N) is 1. The van der Waals surface area contributed by atoms with Crippen molar-refractivity contribution in [2.24, 2.45) is 0 Å². The van der Waals surface area contributed by atoms with E-state index in [0.29, 0.717) is 24.9 Å². The Balaban J connectivity index is 1.83. The first kappa shape index (κ1) is 10.3. The number of nitrogens with one attached hydrogen (secondary N) is 1. The molecule has 0 spiro atoms. The standard InChI is InChI=1S/C13H16N2O2/c14-10-7-12-13(17-6-5-16-12)8-11(10)15-9-3-1-2-4-9/h1-2,7-9,15H,3-6,14H2. The number of fused-ring (bicyclic) bond motifs is 1. The van der Waals surface area contributed by atoms with Gasteiger partial charge < -0.3 is 20.5 Å². The van der Waals surface area contributed by atoms with Crippen LogP contribution in [0.25, 0.3) is 0 Å². The minimum atomic E-state index is 0.444. The molecule has 0 unspecified atom stereocenters. The van der Waals surface area contributed by atoms with Gasteiger partial charge in [0.05, 0.1) is 11.4 Å². The number of hydrogen-bond acceptors (Lipinski definition) is 4. The molecule has 4 nitrogen and oxygen atoms in total. The monoisotopic (exact) mass is 232 g/mol. The summed E-state index contributed by atoms with van der Waals surface area (Å²) >= 11 is 0. The lowest BCUT2D eigenvalue weighted by atomic mass is 10.2. The Morgan fingerprint density at radius 1 is 1.06 bits per heavy atom. The van der Waals surface area contributed by atoms with Gasteiger partial charge in [-0.1, -0.05) is 12.2 Å². The van der Waals surface area contributed by atoms with Crippen LogP contribution in [0, 0.1) is 0 Å². The maximum atomic E-state index is 6.00. The molecule has 0 bridgehead atoms. The summed E-state index contributed by atoms with van der Waals surface area (Å²) < 4.78 is 11.0. The van der Waals surface area contributed by atoms with E-state index in [1.54, 1.807) is 0 Å². The smallest absolute Gasteiger partial charge is 0.163 e. The number of benzene rings is 1. The number of rotatable bonds is 2. The van der Waals surface area contributed by atoms with Crippen LogP contribution in [-0.4, -0.2) is 19.3 Å². The molecule has 0 atom stereocenters. The Bertz CT molecular complexity index is 449. The summed E-state index contributed by atoms with van der Waals surface area (Å²) in [6, 6.07) is 4.21. The second-order valence-corrected chi connectivity index (χ2v) is 4.37. The molecule has 0 radical (unpaired) electrons. The van der Waals surface area contributed by atoms with Gasteiger partial charge in [0.25, 0.3) is 0 Å². The normalized spacial score (nSPS) is 18.4. The minimum absolute atomic E-state index is 0.444. The molecule has 1 aromatic carbocycles. The number of nitrogen functional groups attached to an aromatic ring is 1. The predicted octanol–water partition coefficient (Wildman–Crippen LogP) is 2.17. The number of hydrogen-bond donors (Lipinski definition) is 2. The zero-order valence-corrected chi connectivity index (χ0v) is 9.61. The molecule has 1 aromatic rings. The van der Waals surface area contributed by atoms with Crippen LogP contribution in [0.3, 0.4) is 0 Å². The van der Waals surface area contributed by atoms with Crippen molar-refractivity contribution in [3.8, 4) is 11.5 Å². The number of anilines is 2. The molecule has 4 heteroatoms. The van der Waals surface area contributed by atoms with Gasteiger partial charge in [-0.15, -0.1) is 0 Å². The lowest BCUT2D eigenvalue weighted by molar-refractivity contribution is 0.172. The summed E-state index contributed by atoms with van der Waals surface area (Å²) in [4.78, 5) is 0. The van der Waals surface area contributed by atoms with Crippen molar-refractivity contribution >= 4 is 11.4 Å². The highest BCUT2D eigenvalue weighted by atomic mass is 16.6. The van der Waals surface area contributed by atoms with E-state index >= 15 is 0 Å². The average molecular weight is 232 g/mol. The highest BCUT2D eigenvalue weighted by molar-refractivity contribution is 5.72. The number of ether oxygens (including phenoxy) is 2. The first-order valence-corrected chi connectivity index (χ1v) is 5.93. The largest absolute Gasteiger partial charge is 0.486 e. The third-order valence-corrected chi connectivity index (χ3v) is 3.08. The lowest BCUT2D eigenvalue weighted by Crippen LogP contribution is -2.18. The van der Waals surface area contributed by atoms with Crippen LogP contribution in [-0.2, 0) is 0 Å². The van der Waals surface area contributed by atoms with E-state index in [9.17, 15) is 0 Å². The van der Waals surface area contributed by atoms with Crippen LogP contribution in [0.5, 0.6) is 11.5 Å². The fourth-order valence-electron chi connectivity index (χ4n) is 2.18. The van der Waals surface area contributed by atoms with Crippen LogP contribution in [0.4, 0.5) is 11.4 Å². The Hall–Kier alpha value is -1.84. The van der Waals surface area contributed by atoms with Crippen molar-refractivity contribution in [3.63, 3.8) is 0 Å². The maximum absolute atomic E-state index is 6.00. The third kappa shape index (κ3) is 2.02. The summed E-state index contributed by atoms with van der Waals surface area (Å²) in [5.41, 5.74) is 7.65. The minimum Gasteiger partial charge on any atom is -0.486 e. The average Bonchev–Trinajstić information content (AvgIpc) is 2.83. The van der Waals surface area contributed by atoms with Crippen molar-refractivity contribution in [1.82, 2.24) is 0 Å². The van der Waals surface area contributed by atoms with E-state index in [1.807, 2.05) is 12.1 Å². The molecule has 3 rings (SSSR count). The predicted molar refractivity (Wildman–Crippen MR) is 67.6 cm³/mol. The van der Waals surface area contributed by atoms with E-state index in [-0.39, 0.29) is 0 Å². The molecule has 1 aliphatic heterocycles. The first-order valence-electron chi connectivity index (χ1n) is 5.93. The summed E-state index contributed by atoms with van der Waals surface area (Å²) in [7, 11) is 0. The summed E-state index contributed by atoms with van der Waals surface area (Å²) in [6.07, 6.45) is 6.47. The molecule has 0 amide bonds. The Morgan fingerprint density at radius 3 is 2.41 bits per heavy atom. The van der Waals surface area contributed by atoms with Gasteiger partial charge in [-0.3, -0.25) is 0 Å². The van der Waals surface area contributed by atoms with E-state index in [1.165, 1.54) is 0 Å². The van der Waals surface area contributed by atoms with Gasteiger partial charge in [-0.25, -0.2) is 0 Å². The van der Waals surface area contributed by atoms with Gasteiger partial charge in [0, 0.05) is 18.2 Å². The topological polar surface area (TPSA) is 56.5 Å². The first-order chi connectivity index (χ1) is 8.33. The van der Waals surface area contributed by atoms with Crippen molar-refractivity contribution in [2.75, 3.05) is 24.3 Å². The van der Waals surface area contributed by atoms with Gasteiger partial charge in [0.1, 0.15) is 13.2 Å². The van der Waals surface area contributed by atoms with Crippen molar-refractivity contribution < 1.29 is 9.47 Å². The van der Waals surface area contributed by atoms with Gasteiger partial charge in [-0.2, -0.15) is 0 Å². The molecule has 3 N–H and O–H groups in total. The van der Waals surface area contributed by atoms with Crippen LogP contribution in [0.2, 0.25) is 0 Å². The molecule has 0 aromatic heterocycles. The maximum Gasteiger partial charge on any atom is 0.163 e. The molecular weight excluding hydrogens is 216 g/mol. The second-order valence-electron chi connectivity index (χ2n) is 4.37.